The van der Waals surface area contributed by atoms with Crippen LogP contribution in [0, 0.1) is 0 Å². The Bertz CT molecular complexity index is 850. The van der Waals surface area contributed by atoms with Crippen LogP contribution in [0.25, 0.3) is 11.4 Å². The lowest BCUT2D eigenvalue weighted by molar-refractivity contribution is 0.210. The Morgan fingerprint density at radius 2 is 1.63 bits per heavy atom. The third-order valence-electron chi connectivity index (χ3n) is 4.03. The summed E-state index contributed by atoms with van der Waals surface area (Å²) in [5.41, 5.74) is 3.09. The molecule has 0 saturated carbocycles. The Morgan fingerprint density at radius 3 is 2.30 bits per heavy atom. The van der Waals surface area contributed by atoms with E-state index in [0.717, 1.165) is 28.6 Å². The summed E-state index contributed by atoms with van der Waals surface area (Å²) in [5.74, 6) is 2.17. The summed E-state index contributed by atoms with van der Waals surface area (Å²) in [6.07, 6.45) is 0. The summed E-state index contributed by atoms with van der Waals surface area (Å²) < 4.78 is 5.11. The predicted octanol–water partition coefficient (Wildman–Crippen LogP) is 4.01. The van der Waals surface area contributed by atoms with Crippen molar-refractivity contribution in [3.05, 3.63) is 60.7 Å². The van der Waals surface area contributed by atoms with Crippen molar-refractivity contribution in [1.82, 2.24) is 9.97 Å². The summed E-state index contributed by atoms with van der Waals surface area (Å²) >= 11 is 0. The fourth-order valence-corrected chi connectivity index (χ4v) is 2.59. The van der Waals surface area contributed by atoms with Crippen LogP contribution in [0.3, 0.4) is 0 Å². The van der Waals surface area contributed by atoms with Gasteiger partial charge in [-0.2, -0.15) is 0 Å². The Morgan fingerprint density at radius 1 is 0.926 bits per heavy atom. The predicted molar refractivity (Wildman–Crippen MR) is 112 cm³/mol. The normalized spacial score (nSPS) is 10.5. The second-order valence-electron chi connectivity index (χ2n) is 6.31. The van der Waals surface area contributed by atoms with Gasteiger partial charge in [0.15, 0.2) is 5.82 Å². The highest BCUT2D eigenvalue weighted by atomic mass is 16.5. The van der Waals surface area contributed by atoms with Crippen molar-refractivity contribution in [2.75, 3.05) is 49.9 Å². The van der Waals surface area contributed by atoms with Crippen molar-refractivity contribution in [2.45, 2.75) is 0 Å². The number of hydrogen-bond acceptors (Lipinski definition) is 6. The van der Waals surface area contributed by atoms with Gasteiger partial charge in [-0.3, -0.25) is 0 Å². The van der Waals surface area contributed by atoms with Gasteiger partial charge in [-0.25, -0.2) is 9.97 Å². The molecule has 0 unspecified atom stereocenters. The highest BCUT2D eigenvalue weighted by Crippen LogP contribution is 2.24. The maximum atomic E-state index is 5.11. The molecule has 2 aromatic carbocycles. The van der Waals surface area contributed by atoms with E-state index in [1.165, 1.54) is 0 Å². The van der Waals surface area contributed by atoms with Gasteiger partial charge < -0.3 is 20.3 Å². The number of ether oxygens (including phenoxy) is 1. The minimum absolute atomic E-state index is 0.611. The molecule has 6 heteroatoms. The minimum atomic E-state index is 0.611. The second kappa shape index (κ2) is 9.00. The van der Waals surface area contributed by atoms with Crippen LogP contribution in [0.2, 0.25) is 0 Å². The lowest BCUT2D eigenvalue weighted by atomic mass is 10.2. The Hall–Kier alpha value is -3.12. The van der Waals surface area contributed by atoms with Crippen LogP contribution in [-0.2, 0) is 4.74 Å². The van der Waals surface area contributed by atoms with Crippen molar-refractivity contribution in [2.24, 2.45) is 0 Å². The molecule has 3 rings (SSSR count). The van der Waals surface area contributed by atoms with E-state index < -0.39 is 0 Å². The van der Waals surface area contributed by atoms with Crippen LogP contribution >= 0.6 is 0 Å². The molecule has 0 aliphatic heterocycles. The van der Waals surface area contributed by atoms with E-state index in [4.69, 9.17) is 4.74 Å². The molecule has 0 aliphatic rings. The van der Waals surface area contributed by atoms with E-state index in [0.29, 0.717) is 19.0 Å². The largest absolute Gasteiger partial charge is 0.383 e. The Kier molecular flexibility index (Phi) is 6.22. The van der Waals surface area contributed by atoms with Gasteiger partial charge in [0.1, 0.15) is 11.6 Å². The topological polar surface area (TPSA) is 62.3 Å². The Balaban J connectivity index is 1.87. The molecule has 3 aromatic rings. The number of anilines is 4. The van der Waals surface area contributed by atoms with Crippen molar-refractivity contribution in [3.8, 4) is 11.4 Å². The van der Waals surface area contributed by atoms with Gasteiger partial charge in [-0.1, -0.05) is 30.3 Å². The fraction of sp³-hybridized carbons (Fsp3) is 0.238. The first-order valence-electron chi connectivity index (χ1n) is 8.87. The number of nitrogens with zero attached hydrogens (tertiary/aromatic N) is 3. The molecule has 0 saturated heterocycles. The molecule has 0 spiro atoms. The molecule has 0 aliphatic carbocycles. The van der Waals surface area contributed by atoms with Crippen molar-refractivity contribution in [3.63, 3.8) is 0 Å². The van der Waals surface area contributed by atoms with Crippen LogP contribution in [0.4, 0.5) is 23.0 Å². The smallest absolute Gasteiger partial charge is 0.163 e. The number of nitrogens with one attached hydrogen (secondary N) is 2. The first kappa shape index (κ1) is 18.7. The molecule has 0 bridgehead atoms. The zero-order chi connectivity index (χ0) is 19.1. The van der Waals surface area contributed by atoms with E-state index >= 15 is 0 Å². The molecular weight excluding hydrogens is 338 g/mol. The standard InChI is InChI=1S/C21H25N5O/c1-26(2)18-11-9-17(10-12-18)23-20-15-19(22-13-14-27-3)24-21(25-20)16-7-5-4-6-8-16/h4-12,15H,13-14H2,1-3H3,(H2,22,23,24,25). The van der Waals surface area contributed by atoms with Crippen LogP contribution < -0.4 is 15.5 Å². The summed E-state index contributed by atoms with van der Waals surface area (Å²) in [5, 5.41) is 6.65. The molecule has 1 heterocycles. The highest BCUT2D eigenvalue weighted by molar-refractivity contribution is 5.66. The number of methoxy groups -OCH3 is 1. The molecule has 2 N–H and O–H groups in total. The summed E-state index contributed by atoms with van der Waals surface area (Å²) in [6.45, 7) is 1.29. The molecule has 1 aromatic heterocycles. The van der Waals surface area contributed by atoms with E-state index in [1.54, 1.807) is 7.11 Å². The number of benzene rings is 2. The third kappa shape index (κ3) is 5.18. The third-order valence-corrected chi connectivity index (χ3v) is 4.03. The second-order valence-corrected chi connectivity index (χ2v) is 6.31. The zero-order valence-corrected chi connectivity index (χ0v) is 15.9. The van der Waals surface area contributed by atoms with Crippen molar-refractivity contribution in [1.29, 1.82) is 0 Å². The number of rotatable bonds is 8. The lowest BCUT2D eigenvalue weighted by Gasteiger charge is -2.14. The molecule has 140 valence electrons. The van der Waals surface area contributed by atoms with Crippen molar-refractivity contribution >= 4 is 23.0 Å². The van der Waals surface area contributed by atoms with Gasteiger partial charge in [-0.05, 0) is 24.3 Å². The first-order valence-corrected chi connectivity index (χ1v) is 8.87. The van der Waals surface area contributed by atoms with Crippen LogP contribution in [-0.4, -0.2) is 44.3 Å². The number of aromatic nitrogens is 2. The van der Waals surface area contributed by atoms with Crippen LogP contribution in [0.5, 0.6) is 0 Å². The molecule has 0 atom stereocenters. The quantitative estimate of drug-likeness (QED) is 0.590. The minimum Gasteiger partial charge on any atom is -0.383 e. The van der Waals surface area contributed by atoms with Gasteiger partial charge in [0.2, 0.25) is 0 Å². The molecular formula is C21H25N5O. The first-order chi connectivity index (χ1) is 13.2. The summed E-state index contributed by atoms with van der Waals surface area (Å²) in [4.78, 5) is 11.4. The van der Waals surface area contributed by atoms with E-state index in [2.05, 4.69) is 37.6 Å². The van der Waals surface area contributed by atoms with E-state index in [9.17, 15) is 0 Å². The van der Waals surface area contributed by atoms with E-state index in [-0.39, 0.29) is 0 Å². The lowest BCUT2D eigenvalue weighted by Crippen LogP contribution is -2.10. The zero-order valence-electron chi connectivity index (χ0n) is 15.9. The molecule has 27 heavy (non-hydrogen) atoms. The van der Waals surface area contributed by atoms with Crippen LogP contribution in [0.1, 0.15) is 0 Å². The maximum Gasteiger partial charge on any atom is 0.163 e. The van der Waals surface area contributed by atoms with E-state index in [1.807, 2.05) is 62.6 Å². The van der Waals surface area contributed by atoms with Gasteiger partial charge in [0, 0.05) is 50.8 Å². The maximum absolute atomic E-state index is 5.11. The van der Waals surface area contributed by atoms with Gasteiger partial charge in [0.05, 0.1) is 6.61 Å². The van der Waals surface area contributed by atoms with Crippen LogP contribution in [0.15, 0.2) is 60.7 Å². The molecule has 6 nitrogen and oxygen atoms in total. The van der Waals surface area contributed by atoms with Gasteiger partial charge in [0.25, 0.3) is 0 Å². The monoisotopic (exact) mass is 363 g/mol. The summed E-state index contributed by atoms with van der Waals surface area (Å²) in [6, 6.07) is 20.1. The number of hydrogen-bond donors (Lipinski definition) is 2. The molecule has 0 fully saturated rings. The summed E-state index contributed by atoms with van der Waals surface area (Å²) in [7, 11) is 5.73. The molecule has 0 radical (unpaired) electrons. The SMILES string of the molecule is COCCNc1cc(Nc2ccc(N(C)C)cc2)nc(-c2ccccc2)n1. The average Bonchev–Trinajstić information content (AvgIpc) is 2.69. The van der Waals surface area contributed by atoms with Gasteiger partial charge in [-0.15, -0.1) is 0 Å². The highest BCUT2D eigenvalue weighted by Gasteiger charge is 2.07. The Labute approximate surface area is 160 Å². The van der Waals surface area contributed by atoms with Crippen molar-refractivity contribution < 1.29 is 4.74 Å². The molecule has 0 amide bonds. The van der Waals surface area contributed by atoms with Gasteiger partial charge >= 0.3 is 0 Å². The average molecular weight is 363 g/mol. The fourth-order valence-electron chi connectivity index (χ4n) is 2.59.